The van der Waals surface area contributed by atoms with Crippen LogP contribution in [-0.2, 0) is 4.74 Å². The van der Waals surface area contributed by atoms with Crippen LogP contribution in [-0.4, -0.2) is 14.2 Å². The summed E-state index contributed by atoms with van der Waals surface area (Å²) in [6.45, 7) is 3.57. The lowest BCUT2D eigenvalue weighted by atomic mass is 10.4. The average molecular weight is 139 g/mol. The van der Waals surface area contributed by atoms with Crippen molar-refractivity contribution in [3.63, 3.8) is 0 Å². The highest BCUT2D eigenvalue weighted by Crippen LogP contribution is 1.90. The summed E-state index contributed by atoms with van der Waals surface area (Å²) in [5, 5.41) is 2.96. The van der Waals surface area contributed by atoms with Crippen molar-refractivity contribution in [3.8, 4) is 0 Å². The van der Waals surface area contributed by atoms with Gasteiger partial charge in [-0.3, -0.25) is 0 Å². The Morgan fingerprint density at radius 1 is 1.60 bits per heavy atom. The molecule has 0 aliphatic carbocycles. The predicted octanol–water partition coefficient (Wildman–Crippen LogP) is 1.44. The number of methoxy groups -OCH3 is 1. The fourth-order valence-electron chi connectivity index (χ4n) is 0.491. The van der Waals surface area contributed by atoms with Crippen LogP contribution in [0.3, 0.4) is 0 Å². The molecular weight excluding hydrogens is 126 g/mol. The van der Waals surface area contributed by atoms with Gasteiger partial charge in [-0.15, -0.1) is 0 Å². The minimum Gasteiger partial charge on any atom is -0.504 e. The summed E-state index contributed by atoms with van der Waals surface area (Å²) < 4.78 is 4.72. The predicted molar refractivity (Wildman–Crippen MR) is 43.5 cm³/mol. The molecule has 0 aliphatic rings. The number of nitrogens with one attached hydrogen (secondary N) is 1. The summed E-state index contributed by atoms with van der Waals surface area (Å²) in [5.74, 6) is 0. The first-order valence-corrected chi connectivity index (χ1v) is 3.05. The number of ether oxygens (including phenoxy) is 1. The first-order chi connectivity index (χ1) is 4.85. The van der Waals surface area contributed by atoms with E-state index in [-0.39, 0.29) is 0 Å². The largest absolute Gasteiger partial charge is 0.504 e. The highest BCUT2D eigenvalue weighted by atomic mass is 16.5. The topological polar surface area (TPSA) is 21.3 Å². The fraction of sp³-hybridized carbons (Fsp3) is 0.250. The maximum Gasteiger partial charge on any atom is 0.0845 e. The lowest BCUT2D eigenvalue weighted by Crippen LogP contribution is -2.02. The molecule has 0 radical (unpaired) electrons. The van der Waals surface area contributed by atoms with Crippen molar-refractivity contribution in [1.29, 1.82) is 0 Å². The van der Waals surface area contributed by atoms with Crippen LogP contribution in [0.2, 0.25) is 0 Å². The van der Waals surface area contributed by atoms with Crippen molar-refractivity contribution >= 4 is 0 Å². The van der Waals surface area contributed by atoms with E-state index in [1.165, 1.54) is 0 Å². The Morgan fingerprint density at radius 3 is 2.70 bits per heavy atom. The molecule has 2 heteroatoms. The zero-order chi connectivity index (χ0) is 7.82. The molecule has 0 saturated carbocycles. The molecule has 0 unspecified atom stereocenters. The second kappa shape index (κ2) is 5.95. The highest BCUT2D eigenvalue weighted by molar-refractivity contribution is 5.19. The molecule has 2 nitrogen and oxygen atoms in total. The Bertz CT molecular complexity index is 147. The van der Waals surface area contributed by atoms with Crippen molar-refractivity contribution in [3.05, 3.63) is 36.8 Å². The zero-order valence-electron chi connectivity index (χ0n) is 6.42. The second-order valence-corrected chi connectivity index (χ2v) is 1.65. The molecule has 0 saturated heterocycles. The van der Waals surface area contributed by atoms with Crippen LogP contribution in [0.15, 0.2) is 36.8 Å². The molecule has 1 N–H and O–H groups in total. The van der Waals surface area contributed by atoms with Gasteiger partial charge in [0, 0.05) is 12.7 Å². The van der Waals surface area contributed by atoms with Crippen molar-refractivity contribution in [2.45, 2.75) is 0 Å². The maximum atomic E-state index is 4.72. The Hall–Kier alpha value is -1.18. The molecule has 0 aliphatic heterocycles. The molecule has 0 spiro atoms. The molecular formula is C8H13NO. The van der Waals surface area contributed by atoms with Gasteiger partial charge >= 0.3 is 0 Å². The quantitative estimate of drug-likeness (QED) is 0.470. The van der Waals surface area contributed by atoms with Crippen LogP contribution in [0.5, 0.6) is 0 Å². The molecule has 0 aromatic carbocycles. The molecule has 0 fully saturated rings. The van der Waals surface area contributed by atoms with Crippen LogP contribution >= 0.6 is 0 Å². The second-order valence-electron chi connectivity index (χ2n) is 1.65. The van der Waals surface area contributed by atoms with E-state index >= 15 is 0 Å². The summed E-state index contributed by atoms with van der Waals surface area (Å²) in [6, 6.07) is 0. The molecule has 0 heterocycles. The van der Waals surface area contributed by atoms with Gasteiger partial charge in [-0.05, 0) is 12.2 Å². The minimum absolute atomic E-state index is 0.969. The first kappa shape index (κ1) is 8.82. The third-order valence-corrected chi connectivity index (χ3v) is 0.970. The molecule has 0 rings (SSSR count). The smallest absolute Gasteiger partial charge is 0.0845 e. The Labute approximate surface area is 61.9 Å². The highest BCUT2D eigenvalue weighted by Gasteiger charge is 1.80. The average Bonchev–Trinajstić information content (AvgIpc) is 1.98. The van der Waals surface area contributed by atoms with E-state index in [9.17, 15) is 0 Å². The number of hydrogen-bond acceptors (Lipinski definition) is 2. The van der Waals surface area contributed by atoms with E-state index in [0.717, 1.165) is 5.70 Å². The Kier molecular flexibility index (Phi) is 5.25. The lowest BCUT2D eigenvalue weighted by molar-refractivity contribution is 0.337. The third kappa shape index (κ3) is 3.78. The summed E-state index contributed by atoms with van der Waals surface area (Å²) in [4.78, 5) is 0. The van der Waals surface area contributed by atoms with Gasteiger partial charge in [-0.2, -0.15) is 0 Å². The SMILES string of the molecule is C=C/C=C(\C=C/OC)NC. The van der Waals surface area contributed by atoms with Crippen LogP contribution in [0.25, 0.3) is 0 Å². The molecule has 0 aromatic heterocycles. The maximum absolute atomic E-state index is 4.72. The van der Waals surface area contributed by atoms with E-state index < -0.39 is 0 Å². The number of likely N-dealkylation sites (N-methyl/N-ethyl adjacent to an activating group) is 1. The fourth-order valence-corrected chi connectivity index (χ4v) is 0.491. The lowest BCUT2D eigenvalue weighted by Gasteiger charge is -1.96. The van der Waals surface area contributed by atoms with E-state index in [1.807, 2.05) is 19.2 Å². The van der Waals surface area contributed by atoms with Crippen LogP contribution in [0, 0.1) is 0 Å². The standard InChI is InChI=1S/C8H13NO/c1-4-5-8(9-2)6-7-10-3/h4-7,9H,1H2,2-3H3/b7-6-,8-5+. The minimum atomic E-state index is 0.969. The van der Waals surface area contributed by atoms with Gasteiger partial charge in [-0.25, -0.2) is 0 Å². The van der Waals surface area contributed by atoms with Gasteiger partial charge in [0.25, 0.3) is 0 Å². The molecule has 56 valence electrons. The van der Waals surface area contributed by atoms with Crippen LogP contribution in [0.4, 0.5) is 0 Å². The van der Waals surface area contributed by atoms with Crippen molar-refractivity contribution in [2.75, 3.05) is 14.2 Å². The van der Waals surface area contributed by atoms with Crippen molar-refractivity contribution in [2.24, 2.45) is 0 Å². The molecule has 0 amide bonds. The van der Waals surface area contributed by atoms with Gasteiger partial charge in [-0.1, -0.05) is 12.7 Å². The van der Waals surface area contributed by atoms with Gasteiger partial charge in [0.15, 0.2) is 0 Å². The molecule has 0 bridgehead atoms. The molecule has 10 heavy (non-hydrogen) atoms. The first-order valence-electron chi connectivity index (χ1n) is 3.05. The molecule has 0 atom stereocenters. The number of allylic oxidation sites excluding steroid dienone is 3. The summed E-state index contributed by atoms with van der Waals surface area (Å²) >= 11 is 0. The Morgan fingerprint density at radius 2 is 2.30 bits per heavy atom. The van der Waals surface area contributed by atoms with E-state index in [4.69, 9.17) is 4.74 Å². The number of rotatable bonds is 4. The normalized spacial score (nSPS) is 11.6. The third-order valence-electron chi connectivity index (χ3n) is 0.970. The molecule has 0 aromatic rings. The van der Waals surface area contributed by atoms with Gasteiger partial charge in [0.1, 0.15) is 0 Å². The summed E-state index contributed by atoms with van der Waals surface area (Å²) in [5.41, 5.74) is 0.969. The zero-order valence-corrected chi connectivity index (χ0v) is 6.42. The summed E-state index contributed by atoms with van der Waals surface area (Å²) in [6.07, 6.45) is 6.99. The van der Waals surface area contributed by atoms with Crippen LogP contribution < -0.4 is 5.32 Å². The van der Waals surface area contributed by atoms with Gasteiger partial charge in [0.2, 0.25) is 0 Å². The van der Waals surface area contributed by atoms with E-state index in [2.05, 4.69) is 11.9 Å². The Balaban J connectivity index is 3.94. The monoisotopic (exact) mass is 139 g/mol. The van der Waals surface area contributed by atoms with Crippen molar-refractivity contribution in [1.82, 2.24) is 5.32 Å². The summed E-state index contributed by atoms with van der Waals surface area (Å²) in [7, 11) is 3.45. The van der Waals surface area contributed by atoms with Gasteiger partial charge < -0.3 is 10.1 Å². The van der Waals surface area contributed by atoms with Crippen molar-refractivity contribution < 1.29 is 4.74 Å². The van der Waals surface area contributed by atoms with Crippen LogP contribution in [0.1, 0.15) is 0 Å². The van der Waals surface area contributed by atoms with E-state index in [0.29, 0.717) is 0 Å². The van der Waals surface area contributed by atoms with Gasteiger partial charge in [0.05, 0.1) is 13.4 Å². The number of hydrogen-bond donors (Lipinski definition) is 1. The van der Waals surface area contributed by atoms with E-state index in [1.54, 1.807) is 19.4 Å².